The molecule has 96 valence electrons. The maximum atomic E-state index is 12.0. The molecule has 0 aliphatic heterocycles. The molecule has 0 aliphatic carbocycles. The maximum Gasteiger partial charge on any atom is 0.236 e. The van der Waals surface area contributed by atoms with Gasteiger partial charge in [0.15, 0.2) is 0 Å². The summed E-state index contributed by atoms with van der Waals surface area (Å²) in [7, 11) is -3.44. The first-order valence-corrected chi connectivity index (χ1v) is 7.20. The fourth-order valence-corrected chi connectivity index (χ4v) is 2.66. The summed E-state index contributed by atoms with van der Waals surface area (Å²) in [5.74, 6) is 0. The van der Waals surface area contributed by atoms with Crippen molar-refractivity contribution in [2.45, 2.75) is 13.3 Å². The molecule has 18 heavy (non-hydrogen) atoms. The molecule has 4 nitrogen and oxygen atoms in total. The SMILES string of the molecule is CCN(CCC#N)S(=O)(=O)/C=C\c1ccccc1. The Labute approximate surface area is 108 Å². The molecule has 0 atom stereocenters. The Kier molecular flexibility index (Phi) is 5.56. The van der Waals surface area contributed by atoms with E-state index in [-0.39, 0.29) is 13.0 Å². The summed E-state index contributed by atoms with van der Waals surface area (Å²) in [6, 6.07) is 11.2. The molecule has 0 unspecified atom stereocenters. The zero-order valence-corrected chi connectivity index (χ0v) is 11.1. The third-order valence-electron chi connectivity index (χ3n) is 2.42. The Bertz CT molecular complexity index is 530. The predicted molar refractivity (Wildman–Crippen MR) is 71.9 cm³/mol. The minimum absolute atomic E-state index is 0.201. The molecule has 0 aliphatic rings. The average Bonchev–Trinajstić information content (AvgIpc) is 2.38. The minimum Gasteiger partial charge on any atom is -0.208 e. The second kappa shape index (κ2) is 6.94. The number of benzene rings is 1. The summed E-state index contributed by atoms with van der Waals surface area (Å²) in [4.78, 5) is 0. The molecule has 0 saturated heterocycles. The van der Waals surface area contributed by atoms with Crippen LogP contribution in [0.5, 0.6) is 0 Å². The zero-order valence-electron chi connectivity index (χ0n) is 10.3. The van der Waals surface area contributed by atoms with Crippen LogP contribution >= 0.6 is 0 Å². The fourth-order valence-electron chi connectivity index (χ4n) is 1.45. The highest BCUT2D eigenvalue weighted by Crippen LogP contribution is 2.08. The van der Waals surface area contributed by atoms with Crippen molar-refractivity contribution in [1.82, 2.24) is 4.31 Å². The third-order valence-corrected chi connectivity index (χ3v) is 4.06. The first kappa shape index (κ1) is 14.4. The fraction of sp³-hybridized carbons (Fsp3) is 0.308. The molecule has 0 fully saturated rings. The monoisotopic (exact) mass is 264 g/mol. The van der Waals surface area contributed by atoms with Gasteiger partial charge < -0.3 is 0 Å². The van der Waals surface area contributed by atoms with Gasteiger partial charge in [-0.25, -0.2) is 8.42 Å². The van der Waals surface area contributed by atoms with Gasteiger partial charge in [0.1, 0.15) is 0 Å². The molecular weight excluding hydrogens is 248 g/mol. The highest BCUT2D eigenvalue weighted by Gasteiger charge is 2.16. The van der Waals surface area contributed by atoms with Crippen molar-refractivity contribution < 1.29 is 8.42 Å². The highest BCUT2D eigenvalue weighted by atomic mass is 32.2. The zero-order chi connectivity index (χ0) is 13.4. The quantitative estimate of drug-likeness (QED) is 0.791. The lowest BCUT2D eigenvalue weighted by Gasteiger charge is -2.16. The van der Waals surface area contributed by atoms with E-state index in [9.17, 15) is 8.42 Å². The van der Waals surface area contributed by atoms with Crippen LogP contribution in [0.1, 0.15) is 18.9 Å². The summed E-state index contributed by atoms with van der Waals surface area (Å²) in [6.07, 6.45) is 1.76. The summed E-state index contributed by atoms with van der Waals surface area (Å²) in [6.45, 7) is 2.35. The van der Waals surface area contributed by atoms with Gasteiger partial charge in [0, 0.05) is 24.9 Å². The van der Waals surface area contributed by atoms with Crippen LogP contribution in [0.25, 0.3) is 6.08 Å². The normalized spacial score (nSPS) is 11.8. The van der Waals surface area contributed by atoms with Crippen LogP contribution in [-0.2, 0) is 10.0 Å². The molecule has 0 amide bonds. The molecule has 1 aromatic carbocycles. The Morgan fingerprint density at radius 3 is 2.56 bits per heavy atom. The van der Waals surface area contributed by atoms with E-state index in [4.69, 9.17) is 5.26 Å². The van der Waals surface area contributed by atoms with Gasteiger partial charge in [0.2, 0.25) is 10.0 Å². The van der Waals surface area contributed by atoms with E-state index in [1.54, 1.807) is 13.0 Å². The van der Waals surface area contributed by atoms with Crippen LogP contribution in [-0.4, -0.2) is 25.8 Å². The number of nitrogens with zero attached hydrogens (tertiary/aromatic N) is 2. The topological polar surface area (TPSA) is 61.2 Å². The van der Waals surface area contributed by atoms with Gasteiger partial charge in [-0.1, -0.05) is 37.3 Å². The highest BCUT2D eigenvalue weighted by molar-refractivity contribution is 7.92. The minimum atomic E-state index is -3.44. The molecule has 0 spiro atoms. The van der Waals surface area contributed by atoms with Crippen molar-refractivity contribution in [2.75, 3.05) is 13.1 Å². The molecular formula is C13H16N2O2S. The lowest BCUT2D eigenvalue weighted by molar-refractivity contribution is 0.442. The first-order chi connectivity index (χ1) is 8.60. The van der Waals surface area contributed by atoms with Crippen LogP contribution in [0, 0.1) is 11.3 Å². The van der Waals surface area contributed by atoms with Crippen LogP contribution in [0.4, 0.5) is 0 Å². The van der Waals surface area contributed by atoms with Gasteiger partial charge in [-0.15, -0.1) is 0 Å². The van der Waals surface area contributed by atoms with Gasteiger partial charge in [-0.2, -0.15) is 9.57 Å². The van der Waals surface area contributed by atoms with Gasteiger partial charge >= 0.3 is 0 Å². The van der Waals surface area contributed by atoms with Crippen molar-refractivity contribution in [1.29, 1.82) is 5.26 Å². The van der Waals surface area contributed by atoms with E-state index in [0.717, 1.165) is 5.56 Å². The smallest absolute Gasteiger partial charge is 0.208 e. The number of sulfonamides is 1. The molecule has 0 N–H and O–H groups in total. The lowest BCUT2D eigenvalue weighted by atomic mass is 10.2. The maximum absolute atomic E-state index is 12.0. The van der Waals surface area contributed by atoms with E-state index in [0.29, 0.717) is 6.54 Å². The lowest BCUT2D eigenvalue weighted by Crippen LogP contribution is -2.29. The number of nitriles is 1. The Balaban J connectivity index is 2.80. The molecule has 1 aromatic rings. The molecule has 0 heterocycles. The molecule has 0 bridgehead atoms. The second-order valence-electron chi connectivity index (χ2n) is 3.66. The van der Waals surface area contributed by atoms with Crippen molar-refractivity contribution in [3.05, 3.63) is 41.3 Å². The molecule has 0 saturated carbocycles. The first-order valence-electron chi connectivity index (χ1n) is 5.70. The number of hydrogen-bond donors (Lipinski definition) is 0. The molecule has 0 radical (unpaired) electrons. The van der Waals surface area contributed by atoms with Crippen molar-refractivity contribution >= 4 is 16.1 Å². The Morgan fingerprint density at radius 1 is 1.33 bits per heavy atom. The van der Waals surface area contributed by atoms with Crippen molar-refractivity contribution in [3.8, 4) is 6.07 Å². The predicted octanol–water partition coefficient (Wildman–Crippen LogP) is 2.22. The van der Waals surface area contributed by atoms with Crippen LogP contribution in [0.15, 0.2) is 35.7 Å². The van der Waals surface area contributed by atoms with Crippen molar-refractivity contribution in [2.24, 2.45) is 0 Å². The molecule has 0 aromatic heterocycles. The third kappa shape index (κ3) is 4.32. The van der Waals surface area contributed by atoms with Gasteiger partial charge in [0.25, 0.3) is 0 Å². The molecule has 1 rings (SSSR count). The van der Waals surface area contributed by atoms with E-state index in [1.807, 2.05) is 36.4 Å². The summed E-state index contributed by atoms with van der Waals surface area (Å²) in [5.41, 5.74) is 0.831. The number of rotatable bonds is 6. The average molecular weight is 264 g/mol. The summed E-state index contributed by atoms with van der Waals surface area (Å²) >= 11 is 0. The largest absolute Gasteiger partial charge is 0.236 e. The summed E-state index contributed by atoms with van der Waals surface area (Å²) in [5, 5.41) is 9.68. The van der Waals surface area contributed by atoms with E-state index in [1.165, 1.54) is 9.71 Å². The standard InChI is InChI=1S/C13H16N2O2S/c1-2-15(11-6-10-14)18(16,17)12-9-13-7-4-3-5-8-13/h3-5,7-9,12H,2,6,11H2,1H3/b12-9-. The second-order valence-corrected chi connectivity index (χ2v) is 5.48. The van der Waals surface area contributed by atoms with Crippen LogP contribution < -0.4 is 0 Å². The molecule has 5 heteroatoms. The van der Waals surface area contributed by atoms with E-state index >= 15 is 0 Å². The van der Waals surface area contributed by atoms with Gasteiger partial charge in [0.05, 0.1) is 6.07 Å². The van der Waals surface area contributed by atoms with Gasteiger partial charge in [-0.3, -0.25) is 0 Å². The number of hydrogen-bond acceptors (Lipinski definition) is 3. The Hall–Kier alpha value is -1.64. The Morgan fingerprint density at radius 2 is 2.00 bits per heavy atom. The van der Waals surface area contributed by atoms with Crippen molar-refractivity contribution in [3.63, 3.8) is 0 Å². The van der Waals surface area contributed by atoms with Gasteiger partial charge in [-0.05, 0) is 11.6 Å². The van der Waals surface area contributed by atoms with E-state index < -0.39 is 10.0 Å². The van der Waals surface area contributed by atoms with Crippen LogP contribution in [0.3, 0.4) is 0 Å². The van der Waals surface area contributed by atoms with E-state index in [2.05, 4.69) is 0 Å². The van der Waals surface area contributed by atoms with Crippen LogP contribution in [0.2, 0.25) is 0 Å². The summed E-state index contributed by atoms with van der Waals surface area (Å²) < 4.78 is 25.2.